The van der Waals surface area contributed by atoms with Crippen molar-refractivity contribution in [2.75, 3.05) is 40.5 Å². The molecule has 1 aliphatic heterocycles. The topological polar surface area (TPSA) is 77.1 Å². The van der Waals surface area contributed by atoms with Gasteiger partial charge in [0.25, 0.3) is 5.91 Å². The number of carbonyl (C=O) groups excluding carboxylic acids is 2. The Morgan fingerprint density at radius 1 is 1.22 bits per heavy atom. The van der Waals surface area contributed by atoms with Gasteiger partial charge in [-0.25, -0.2) is 0 Å². The van der Waals surface area contributed by atoms with Gasteiger partial charge < -0.3 is 24.4 Å². The molecule has 0 radical (unpaired) electrons. The minimum Gasteiger partial charge on any atom is -0.497 e. The molecule has 0 bridgehead atoms. The van der Waals surface area contributed by atoms with Crippen molar-refractivity contribution >= 4 is 11.8 Å². The summed E-state index contributed by atoms with van der Waals surface area (Å²) < 4.78 is 16.4. The average molecular weight is 378 g/mol. The molecule has 1 aromatic rings. The number of carbonyl (C=O) groups is 2. The van der Waals surface area contributed by atoms with Crippen molar-refractivity contribution in [3.8, 4) is 11.5 Å². The summed E-state index contributed by atoms with van der Waals surface area (Å²) in [6.45, 7) is 6.03. The molecule has 27 heavy (non-hydrogen) atoms. The van der Waals surface area contributed by atoms with E-state index in [-0.39, 0.29) is 23.8 Å². The average Bonchev–Trinajstić information content (AvgIpc) is 2.68. The molecule has 7 heteroatoms. The molecule has 1 saturated heterocycles. The number of rotatable bonds is 8. The summed E-state index contributed by atoms with van der Waals surface area (Å²) in [6, 6.07) is 5.17. The molecule has 0 saturated carbocycles. The van der Waals surface area contributed by atoms with Crippen LogP contribution >= 0.6 is 0 Å². The lowest BCUT2D eigenvalue weighted by Crippen LogP contribution is -2.43. The fourth-order valence-corrected chi connectivity index (χ4v) is 3.02. The third kappa shape index (κ3) is 5.85. The molecular weight excluding hydrogens is 348 g/mol. The van der Waals surface area contributed by atoms with Gasteiger partial charge in [0, 0.05) is 51.6 Å². The summed E-state index contributed by atoms with van der Waals surface area (Å²) in [5.74, 6) is 1.09. The van der Waals surface area contributed by atoms with Gasteiger partial charge in [-0.05, 0) is 12.1 Å². The van der Waals surface area contributed by atoms with Gasteiger partial charge in [-0.1, -0.05) is 13.8 Å². The molecule has 0 aromatic heterocycles. The number of likely N-dealkylation sites (tertiary alicyclic amines) is 1. The van der Waals surface area contributed by atoms with Gasteiger partial charge >= 0.3 is 0 Å². The number of hydrogen-bond acceptors (Lipinski definition) is 5. The van der Waals surface area contributed by atoms with Crippen LogP contribution in [0.4, 0.5) is 0 Å². The molecule has 1 N–H and O–H groups in total. The smallest absolute Gasteiger partial charge is 0.255 e. The highest BCUT2D eigenvalue weighted by Gasteiger charge is 2.26. The van der Waals surface area contributed by atoms with Crippen LogP contribution in [0.5, 0.6) is 11.5 Å². The number of methoxy groups -OCH3 is 2. The maximum Gasteiger partial charge on any atom is 0.255 e. The molecule has 0 aliphatic carbocycles. The summed E-state index contributed by atoms with van der Waals surface area (Å²) in [6.07, 6.45) is 1.43. The Kier molecular flexibility index (Phi) is 7.91. The van der Waals surface area contributed by atoms with E-state index in [4.69, 9.17) is 14.2 Å². The van der Waals surface area contributed by atoms with Crippen LogP contribution in [-0.2, 0) is 9.53 Å². The second kappa shape index (κ2) is 10.2. The van der Waals surface area contributed by atoms with E-state index in [0.29, 0.717) is 43.3 Å². The lowest BCUT2D eigenvalue weighted by molar-refractivity contribution is -0.136. The molecule has 0 atom stereocenters. The van der Waals surface area contributed by atoms with Gasteiger partial charge in [0.05, 0.1) is 19.3 Å². The van der Waals surface area contributed by atoms with Crippen LogP contribution in [0, 0.1) is 5.92 Å². The molecule has 2 rings (SSSR count). The molecule has 1 fully saturated rings. The first kappa shape index (κ1) is 21.0. The molecule has 0 unspecified atom stereocenters. The highest BCUT2D eigenvalue weighted by atomic mass is 16.5. The standard InChI is InChI=1S/C20H30N2O5/c1-14(2)20(24)22-10-7-15(8-11-22)27-18-13-16(26-4)5-6-17(18)19(23)21-9-12-25-3/h5-6,13-15H,7-12H2,1-4H3,(H,21,23). The Labute approximate surface area is 161 Å². The fraction of sp³-hybridized carbons (Fsp3) is 0.600. The van der Waals surface area contributed by atoms with Gasteiger partial charge in [-0.2, -0.15) is 0 Å². The molecule has 150 valence electrons. The van der Waals surface area contributed by atoms with Crippen LogP contribution in [-0.4, -0.2) is 63.3 Å². The number of nitrogens with one attached hydrogen (secondary N) is 1. The number of piperidine rings is 1. The molecule has 7 nitrogen and oxygen atoms in total. The van der Waals surface area contributed by atoms with Crippen molar-refractivity contribution in [3.63, 3.8) is 0 Å². The largest absolute Gasteiger partial charge is 0.497 e. The summed E-state index contributed by atoms with van der Waals surface area (Å²) in [4.78, 5) is 26.5. The van der Waals surface area contributed by atoms with E-state index in [1.807, 2.05) is 18.7 Å². The fourth-order valence-electron chi connectivity index (χ4n) is 3.02. The van der Waals surface area contributed by atoms with E-state index < -0.39 is 0 Å². The summed E-state index contributed by atoms with van der Waals surface area (Å²) in [7, 11) is 3.16. The number of amides is 2. The van der Waals surface area contributed by atoms with Crippen LogP contribution in [0.15, 0.2) is 18.2 Å². The van der Waals surface area contributed by atoms with Crippen molar-refractivity contribution in [1.29, 1.82) is 0 Å². The van der Waals surface area contributed by atoms with E-state index in [0.717, 1.165) is 12.8 Å². The Morgan fingerprint density at radius 3 is 2.52 bits per heavy atom. The van der Waals surface area contributed by atoms with Crippen LogP contribution in [0.3, 0.4) is 0 Å². The Bertz CT molecular complexity index is 639. The molecule has 0 spiro atoms. The number of benzene rings is 1. The maximum atomic E-state index is 12.5. The maximum absolute atomic E-state index is 12.5. The minimum atomic E-state index is -0.211. The zero-order valence-electron chi connectivity index (χ0n) is 16.6. The van der Waals surface area contributed by atoms with Gasteiger partial charge in [0.1, 0.15) is 17.6 Å². The van der Waals surface area contributed by atoms with Crippen molar-refractivity contribution in [1.82, 2.24) is 10.2 Å². The number of ether oxygens (including phenoxy) is 3. The third-order valence-electron chi connectivity index (χ3n) is 4.57. The van der Waals surface area contributed by atoms with Crippen LogP contribution in [0.1, 0.15) is 37.0 Å². The number of nitrogens with zero attached hydrogens (tertiary/aromatic N) is 1. The predicted molar refractivity (Wildman–Crippen MR) is 102 cm³/mol. The monoisotopic (exact) mass is 378 g/mol. The molecular formula is C20H30N2O5. The van der Waals surface area contributed by atoms with Crippen molar-refractivity contribution in [2.24, 2.45) is 5.92 Å². The summed E-state index contributed by atoms with van der Waals surface area (Å²) in [5, 5.41) is 2.81. The third-order valence-corrected chi connectivity index (χ3v) is 4.57. The second-order valence-electron chi connectivity index (χ2n) is 6.91. The zero-order chi connectivity index (χ0) is 19.8. The first-order chi connectivity index (χ1) is 13.0. The van der Waals surface area contributed by atoms with Crippen LogP contribution < -0.4 is 14.8 Å². The van der Waals surface area contributed by atoms with Gasteiger partial charge in [0.2, 0.25) is 5.91 Å². The quantitative estimate of drug-likeness (QED) is 0.701. The van der Waals surface area contributed by atoms with Crippen molar-refractivity contribution in [3.05, 3.63) is 23.8 Å². The van der Waals surface area contributed by atoms with Crippen LogP contribution in [0.2, 0.25) is 0 Å². The molecule has 2 amide bonds. The van der Waals surface area contributed by atoms with Crippen molar-refractivity contribution in [2.45, 2.75) is 32.8 Å². The predicted octanol–water partition coefficient (Wildman–Crippen LogP) is 2.10. The normalized spacial score (nSPS) is 14.9. The highest BCUT2D eigenvalue weighted by molar-refractivity contribution is 5.97. The van der Waals surface area contributed by atoms with E-state index in [2.05, 4.69) is 5.32 Å². The van der Waals surface area contributed by atoms with Crippen LogP contribution in [0.25, 0.3) is 0 Å². The molecule has 1 heterocycles. The van der Waals surface area contributed by atoms with E-state index in [9.17, 15) is 9.59 Å². The second-order valence-corrected chi connectivity index (χ2v) is 6.91. The summed E-state index contributed by atoms with van der Waals surface area (Å²) >= 11 is 0. The Morgan fingerprint density at radius 2 is 1.93 bits per heavy atom. The van der Waals surface area contributed by atoms with Gasteiger partial charge in [-0.15, -0.1) is 0 Å². The lowest BCUT2D eigenvalue weighted by Gasteiger charge is -2.33. The first-order valence-electron chi connectivity index (χ1n) is 9.36. The van der Waals surface area contributed by atoms with E-state index in [1.54, 1.807) is 32.4 Å². The number of hydrogen-bond donors (Lipinski definition) is 1. The Hall–Kier alpha value is -2.28. The zero-order valence-corrected chi connectivity index (χ0v) is 16.6. The van der Waals surface area contributed by atoms with Gasteiger partial charge in [0.15, 0.2) is 0 Å². The molecule has 1 aliphatic rings. The minimum absolute atomic E-state index is 0.00301. The Balaban J connectivity index is 2.04. The van der Waals surface area contributed by atoms with E-state index >= 15 is 0 Å². The van der Waals surface area contributed by atoms with E-state index in [1.165, 1.54) is 0 Å². The summed E-state index contributed by atoms with van der Waals surface area (Å²) in [5.41, 5.74) is 0.465. The lowest BCUT2D eigenvalue weighted by atomic mass is 10.0. The highest BCUT2D eigenvalue weighted by Crippen LogP contribution is 2.28. The first-order valence-corrected chi connectivity index (χ1v) is 9.36. The molecule has 1 aromatic carbocycles. The van der Waals surface area contributed by atoms with Crippen molar-refractivity contribution < 1.29 is 23.8 Å². The SMILES string of the molecule is COCCNC(=O)c1ccc(OC)cc1OC1CCN(C(=O)C(C)C)CC1. The van der Waals surface area contributed by atoms with Gasteiger partial charge in [-0.3, -0.25) is 9.59 Å².